The number of rotatable bonds is 11. The van der Waals surface area contributed by atoms with E-state index >= 15 is 0 Å². The van der Waals surface area contributed by atoms with E-state index in [1.165, 1.54) is 36.4 Å². The molecule has 0 radical (unpaired) electrons. The molecule has 13 heteroatoms. The fourth-order valence-electron chi connectivity index (χ4n) is 4.20. The van der Waals surface area contributed by atoms with Gasteiger partial charge in [0.1, 0.15) is 30.3 Å². The molecular weight excluding hydrogens is 538 g/mol. The molecule has 4 N–H and O–H groups in total. The average Bonchev–Trinajstić information content (AvgIpc) is 3.27. The van der Waals surface area contributed by atoms with Crippen molar-refractivity contribution in [1.29, 1.82) is 5.41 Å². The van der Waals surface area contributed by atoms with Gasteiger partial charge in [0.25, 0.3) is 0 Å². The van der Waals surface area contributed by atoms with Crippen LogP contribution in [0.3, 0.4) is 0 Å². The molecule has 218 valence electrons. The zero-order chi connectivity index (χ0) is 29.4. The molecule has 0 atom stereocenters. The van der Waals surface area contributed by atoms with Crippen LogP contribution in [0.5, 0.6) is 11.5 Å². The summed E-state index contributed by atoms with van der Waals surface area (Å²) in [6, 6.07) is 8.80. The van der Waals surface area contributed by atoms with Crippen molar-refractivity contribution in [2.45, 2.75) is 13.3 Å². The van der Waals surface area contributed by atoms with Crippen LogP contribution in [-0.4, -0.2) is 73.8 Å². The van der Waals surface area contributed by atoms with Crippen LogP contribution in [0.4, 0.5) is 20.2 Å². The maximum absolute atomic E-state index is 14.8. The number of carbonyl (C=O) groups excluding carboxylic acids is 2. The Morgan fingerprint density at radius 1 is 1.00 bits per heavy atom. The summed E-state index contributed by atoms with van der Waals surface area (Å²) in [6.45, 7) is 6.09. The molecule has 2 heterocycles. The Morgan fingerprint density at radius 2 is 1.66 bits per heavy atom. The van der Waals surface area contributed by atoms with Crippen molar-refractivity contribution in [1.82, 2.24) is 9.58 Å². The molecule has 1 aliphatic rings. The predicted octanol–water partition coefficient (Wildman–Crippen LogP) is 3.33. The molecule has 0 saturated carbocycles. The van der Waals surface area contributed by atoms with Crippen LogP contribution in [0.1, 0.15) is 17.7 Å². The normalized spacial score (nSPS) is 13.4. The predicted molar refractivity (Wildman–Crippen MR) is 149 cm³/mol. The molecule has 2 aromatic carbocycles. The monoisotopic (exact) mass is 570 g/mol. The van der Waals surface area contributed by atoms with E-state index in [1.807, 2.05) is 0 Å². The third-order valence-corrected chi connectivity index (χ3v) is 6.31. The van der Waals surface area contributed by atoms with Crippen molar-refractivity contribution in [3.8, 4) is 11.5 Å². The zero-order valence-electron chi connectivity index (χ0n) is 22.8. The van der Waals surface area contributed by atoms with Crippen molar-refractivity contribution < 1.29 is 32.6 Å². The van der Waals surface area contributed by atoms with Crippen LogP contribution in [0.25, 0.3) is 0 Å². The van der Waals surface area contributed by atoms with Gasteiger partial charge >= 0.3 is 0 Å². The van der Waals surface area contributed by atoms with Gasteiger partial charge < -0.3 is 30.3 Å². The quantitative estimate of drug-likeness (QED) is 0.158. The number of nitrogens with zero attached hydrogens (tertiary/aromatic N) is 2. The van der Waals surface area contributed by atoms with Crippen LogP contribution in [0.15, 0.2) is 48.7 Å². The van der Waals surface area contributed by atoms with Crippen molar-refractivity contribution in [2.24, 2.45) is 0 Å². The molecule has 1 aromatic heterocycles. The highest BCUT2D eigenvalue weighted by atomic mass is 19.1. The SMILES string of the molecule is CNn1cc(OCCN2CCOCC2)c(C)c1C(=N)Oc1ccc(NC(=O)CC(=O)Nc2ccc(F)cc2)cc1F. The zero-order valence-corrected chi connectivity index (χ0v) is 22.8. The fraction of sp³-hybridized carbons (Fsp3) is 0.321. The standard InChI is InChI=1S/C28H32F2N6O5/c1-18-24(40-14-11-35-9-12-39-13-10-35)17-36(32-2)27(18)28(31)41-23-8-7-21(15-22(23)30)34-26(38)16-25(37)33-20-5-3-19(29)4-6-20/h3-8,15,17,31-32H,9-14,16H2,1-2H3,(H,33,37)(H,34,38). The third kappa shape index (κ3) is 8.02. The lowest BCUT2D eigenvalue weighted by Crippen LogP contribution is -2.38. The van der Waals surface area contributed by atoms with Crippen molar-refractivity contribution >= 4 is 29.1 Å². The van der Waals surface area contributed by atoms with Gasteiger partial charge in [-0.15, -0.1) is 0 Å². The van der Waals surface area contributed by atoms with Crippen LogP contribution in [0, 0.1) is 24.0 Å². The highest BCUT2D eigenvalue weighted by Crippen LogP contribution is 2.27. The summed E-state index contributed by atoms with van der Waals surface area (Å²) in [5.41, 5.74) is 4.39. The second-order valence-corrected chi connectivity index (χ2v) is 9.22. The lowest BCUT2D eigenvalue weighted by molar-refractivity contribution is -0.123. The van der Waals surface area contributed by atoms with Gasteiger partial charge in [0.05, 0.1) is 19.4 Å². The highest BCUT2D eigenvalue weighted by Gasteiger charge is 2.21. The summed E-state index contributed by atoms with van der Waals surface area (Å²) in [5, 5.41) is 13.4. The second-order valence-electron chi connectivity index (χ2n) is 9.22. The molecule has 41 heavy (non-hydrogen) atoms. The summed E-state index contributed by atoms with van der Waals surface area (Å²) in [6.07, 6.45) is 1.17. The van der Waals surface area contributed by atoms with Crippen molar-refractivity contribution in [3.63, 3.8) is 0 Å². The number of hydrogen-bond donors (Lipinski definition) is 4. The molecular formula is C28H32F2N6O5. The number of amides is 2. The Hall–Kier alpha value is -4.49. The molecule has 2 amide bonds. The van der Waals surface area contributed by atoms with E-state index in [1.54, 1.807) is 24.8 Å². The molecule has 1 fully saturated rings. The van der Waals surface area contributed by atoms with E-state index in [4.69, 9.17) is 19.6 Å². The molecule has 0 unspecified atom stereocenters. The van der Waals surface area contributed by atoms with Crippen molar-refractivity contribution in [2.75, 3.05) is 62.6 Å². The Balaban J connectivity index is 1.33. The van der Waals surface area contributed by atoms with E-state index in [9.17, 15) is 18.4 Å². The summed E-state index contributed by atoms with van der Waals surface area (Å²) < 4.78 is 46.3. The smallest absolute Gasteiger partial charge is 0.238 e. The number of aromatic nitrogens is 1. The summed E-state index contributed by atoms with van der Waals surface area (Å²) >= 11 is 0. The first-order valence-electron chi connectivity index (χ1n) is 13.0. The van der Waals surface area contributed by atoms with Gasteiger partial charge in [-0.25, -0.2) is 8.78 Å². The largest absolute Gasteiger partial charge is 0.490 e. The fourth-order valence-corrected chi connectivity index (χ4v) is 4.20. The Bertz CT molecular complexity index is 1390. The van der Waals surface area contributed by atoms with E-state index < -0.39 is 29.9 Å². The van der Waals surface area contributed by atoms with E-state index in [0.29, 0.717) is 42.5 Å². The first-order valence-corrected chi connectivity index (χ1v) is 13.0. The van der Waals surface area contributed by atoms with Gasteiger partial charge in [-0.05, 0) is 43.3 Å². The maximum Gasteiger partial charge on any atom is 0.238 e. The molecule has 4 rings (SSSR count). The van der Waals surface area contributed by atoms with E-state index in [-0.39, 0.29) is 17.3 Å². The van der Waals surface area contributed by atoms with Crippen LogP contribution in [-0.2, 0) is 14.3 Å². The first kappa shape index (κ1) is 29.5. The number of morpholine rings is 1. The molecule has 0 bridgehead atoms. The van der Waals surface area contributed by atoms with Crippen LogP contribution in [0.2, 0.25) is 0 Å². The molecule has 0 spiro atoms. The van der Waals surface area contributed by atoms with Gasteiger partial charge in [0, 0.05) is 49.7 Å². The summed E-state index contributed by atoms with van der Waals surface area (Å²) in [7, 11) is 1.67. The van der Waals surface area contributed by atoms with Gasteiger partial charge in [-0.1, -0.05) is 0 Å². The Morgan fingerprint density at radius 3 is 2.32 bits per heavy atom. The molecule has 3 aromatic rings. The number of anilines is 2. The van der Waals surface area contributed by atoms with Crippen molar-refractivity contribution in [3.05, 3.63) is 71.6 Å². The van der Waals surface area contributed by atoms with E-state index in [2.05, 4.69) is 21.0 Å². The molecule has 0 aliphatic carbocycles. The van der Waals surface area contributed by atoms with Gasteiger partial charge in [0.2, 0.25) is 17.7 Å². The Kier molecular flexibility index (Phi) is 9.87. The number of halogens is 2. The summed E-state index contributed by atoms with van der Waals surface area (Å²) in [5.74, 6) is -2.52. The second kappa shape index (κ2) is 13.7. The number of nitrogens with one attached hydrogen (secondary N) is 4. The lowest BCUT2D eigenvalue weighted by Gasteiger charge is -2.26. The minimum atomic E-state index is -0.814. The minimum absolute atomic E-state index is 0.103. The topological polar surface area (TPSA) is 130 Å². The van der Waals surface area contributed by atoms with Crippen LogP contribution < -0.4 is 25.5 Å². The van der Waals surface area contributed by atoms with Crippen LogP contribution >= 0.6 is 0 Å². The molecule has 1 saturated heterocycles. The average molecular weight is 571 g/mol. The van der Waals surface area contributed by atoms with Gasteiger partial charge in [-0.3, -0.25) is 24.6 Å². The number of carbonyl (C=O) groups is 2. The maximum atomic E-state index is 14.8. The first-order chi connectivity index (χ1) is 19.7. The lowest BCUT2D eigenvalue weighted by atomic mass is 10.2. The number of ether oxygens (including phenoxy) is 3. The molecule has 1 aliphatic heterocycles. The Labute approximate surface area is 235 Å². The number of hydrogen-bond acceptors (Lipinski definition) is 8. The highest BCUT2D eigenvalue weighted by molar-refractivity contribution is 6.08. The van der Waals surface area contributed by atoms with E-state index in [0.717, 1.165) is 25.7 Å². The summed E-state index contributed by atoms with van der Waals surface area (Å²) in [4.78, 5) is 26.6. The van der Waals surface area contributed by atoms with Gasteiger partial charge in [-0.2, -0.15) is 0 Å². The number of benzene rings is 2. The minimum Gasteiger partial charge on any atom is -0.490 e. The van der Waals surface area contributed by atoms with Gasteiger partial charge in [0.15, 0.2) is 11.6 Å². The molecule has 11 nitrogen and oxygen atoms in total. The third-order valence-electron chi connectivity index (χ3n) is 6.31.